The lowest BCUT2D eigenvalue weighted by molar-refractivity contribution is 0.580. The van der Waals surface area contributed by atoms with Gasteiger partial charge in [0.2, 0.25) is 10.0 Å². The van der Waals surface area contributed by atoms with E-state index < -0.39 is 10.0 Å². The van der Waals surface area contributed by atoms with Crippen LogP contribution in [0.3, 0.4) is 0 Å². The molecule has 1 aromatic heterocycles. The van der Waals surface area contributed by atoms with Crippen LogP contribution in [0, 0.1) is 5.82 Å². The lowest BCUT2D eigenvalue weighted by atomic mass is 10.2. The minimum atomic E-state index is -3.42. The predicted molar refractivity (Wildman–Crippen MR) is 77.9 cm³/mol. The molecule has 0 amide bonds. The smallest absolute Gasteiger partial charge is 0.212 e. The van der Waals surface area contributed by atoms with Gasteiger partial charge in [-0.25, -0.2) is 17.5 Å². The third-order valence-corrected chi connectivity index (χ3v) is 5.29. The summed E-state index contributed by atoms with van der Waals surface area (Å²) in [4.78, 5) is 0.926. The molecule has 1 heterocycles. The van der Waals surface area contributed by atoms with Gasteiger partial charge in [0.05, 0.1) is 9.54 Å². The Hall–Kier alpha value is -0.760. The maximum atomic E-state index is 12.7. The number of benzene rings is 1. The lowest BCUT2D eigenvalue weighted by Gasteiger charge is -2.05. The predicted octanol–water partition coefficient (Wildman–Crippen LogP) is 3.27. The molecular formula is C12H11BrFNO2S2. The second-order valence-electron chi connectivity index (χ2n) is 3.91. The van der Waals surface area contributed by atoms with Crippen molar-refractivity contribution in [1.82, 2.24) is 4.72 Å². The summed E-state index contributed by atoms with van der Waals surface area (Å²) < 4.78 is 39.9. The first-order chi connectivity index (χ1) is 8.94. The van der Waals surface area contributed by atoms with Crippen molar-refractivity contribution in [3.8, 4) is 0 Å². The zero-order valence-corrected chi connectivity index (χ0v) is 13.0. The Labute approximate surface area is 123 Å². The SMILES string of the molecule is O=S(=O)(Cc1ccc(F)cc1)NCc1ccc(Br)s1. The van der Waals surface area contributed by atoms with E-state index >= 15 is 0 Å². The molecule has 2 rings (SSSR count). The second-order valence-corrected chi connectivity index (χ2v) is 8.27. The summed E-state index contributed by atoms with van der Waals surface area (Å²) in [6.07, 6.45) is 0. The van der Waals surface area contributed by atoms with E-state index in [4.69, 9.17) is 0 Å². The summed E-state index contributed by atoms with van der Waals surface area (Å²) in [5.41, 5.74) is 0.557. The van der Waals surface area contributed by atoms with Crippen molar-refractivity contribution >= 4 is 37.3 Å². The monoisotopic (exact) mass is 363 g/mol. The van der Waals surface area contributed by atoms with Gasteiger partial charge in [-0.05, 0) is 45.8 Å². The molecule has 0 saturated carbocycles. The maximum absolute atomic E-state index is 12.7. The van der Waals surface area contributed by atoms with Crippen LogP contribution in [0.1, 0.15) is 10.4 Å². The molecule has 3 nitrogen and oxygen atoms in total. The number of nitrogens with one attached hydrogen (secondary N) is 1. The van der Waals surface area contributed by atoms with E-state index in [2.05, 4.69) is 20.7 Å². The van der Waals surface area contributed by atoms with Gasteiger partial charge >= 0.3 is 0 Å². The van der Waals surface area contributed by atoms with Gasteiger partial charge in [-0.15, -0.1) is 11.3 Å². The molecule has 19 heavy (non-hydrogen) atoms. The van der Waals surface area contributed by atoms with Gasteiger partial charge < -0.3 is 0 Å². The minimum absolute atomic E-state index is 0.153. The van der Waals surface area contributed by atoms with E-state index in [-0.39, 0.29) is 18.1 Å². The highest BCUT2D eigenvalue weighted by molar-refractivity contribution is 9.11. The molecule has 0 unspecified atom stereocenters. The number of hydrogen-bond acceptors (Lipinski definition) is 3. The Bertz CT molecular complexity index is 653. The molecule has 2 aromatic rings. The fourth-order valence-electron chi connectivity index (χ4n) is 1.48. The first-order valence-corrected chi connectivity index (χ1v) is 8.67. The summed E-state index contributed by atoms with van der Waals surface area (Å²) in [6, 6.07) is 9.17. The highest BCUT2D eigenvalue weighted by atomic mass is 79.9. The first-order valence-electron chi connectivity index (χ1n) is 5.41. The third-order valence-electron chi connectivity index (χ3n) is 2.37. The van der Waals surface area contributed by atoms with Crippen LogP contribution in [-0.4, -0.2) is 8.42 Å². The molecule has 1 aromatic carbocycles. The van der Waals surface area contributed by atoms with Gasteiger partial charge in [0.1, 0.15) is 5.82 Å². The molecule has 1 N–H and O–H groups in total. The largest absolute Gasteiger partial charge is 0.216 e. The molecule has 0 aliphatic heterocycles. The van der Waals surface area contributed by atoms with Gasteiger partial charge in [0, 0.05) is 11.4 Å². The molecule has 0 aliphatic carbocycles. The highest BCUT2D eigenvalue weighted by Crippen LogP contribution is 2.22. The third kappa shape index (κ3) is 4.68. The number of hydrogen-bond donors (Lipinski definition) is 1. The molecule has 0 radical (unpaired) electrons. The lowest BCUT2D eigenvalue weighted by Crippen LogP contribution is -2.24. The van der Waals surface area contributed by atoms with Crippen LogP contribution in [0.15, 0.2) is 40.2 Å². The normalized spacial score (nSPS) is 11.7. The van der Waals surface area contributed by atoms with E-state index in [0.717, 1.165) is 8.66 Å². The maximum Gasteiger partial charge on any atom is 0.216 e. The van der Waals surface area contributed by atoms with E-state index in [1.54, 1.807) is 0 Å². The van der Waals surface area contributed by atoms with E-state index in [9.17, 15) is 12.8 Å². The van der Waals surface area contributed by atoms with Crippen molar-refractivity contribution in [1.29, 1.82) is 0 Å². The van der Waals surface area contributed by atoms with Crippen molar-refractivity contribution in [2.75, 3.05) is 0 Å². The van der Waals surface area contributed by atoms with Gasteiger partial charge in [-0.2, -0.15) is 0 Å². The van der Waals surface area contributed by atoms with Crippen molar-refractivity contribution < 1.29 is 12.8 Å². The van der Waals surface area contributed by atoms with Gasteiger partial charge in [-0.1, -0.05) is 12.1 Å². The summed E-state index contributed by atoms with van der Waals surface area (Å²) >= 11 is 4.80. The average molecular weight is 364 g/mol. The van der Waals surface area contributed by atoms with Crippen LogP contribution >= 0.6 is 27.3 Å². The zero-order valence-electron chi connectivity index (χ0n) is 9.77. The van der Waals surface area contributed by atoms with E-state index in [1.165, 1.54) is 35.6 Å². The molecule has 0 spiro atoms. The number of halogens is 2. The molecule has 0 saturated heterocycles. The fourth-order valence-corrected chi connectivity index (χ4v) is 4.10. The Balaban J connectivity index is 1.97. The molecule has 7 heteroatoms. The van der Waals surface area contributed by atoms with Gasteiger partial charge in [0.25, 0.3) is 0 Å². The summed E-state index contributed by atoms with van der Waals surface area (Å²) in [5, 5.41) is 0. The van der Waals surface area contributed by atoms with Crippen LogP contribution in [0.5, 0.6) is 0 Å². The second kappa shape index (κ2) is 6.13. The van der Waals surface area contributed by atoms with Gasteiger partial charge in [-0.3, -0.25) is 0 Å². The Morgan fingerprint density at radius 2 is 1.84 bits per heavy atom. The minimum Gasteiger partial charge on any atom is -0.212 e. The fraction of sp³-hybridized carbons (Fsp3) is 0.167. The standard InChI is InChI=1S/C12H11BrFNO2S2/c13-12-6-5-11(18-12)7-15-19(16,17)8-9-1-3-10(14)4-2-9/h1-6,15H,7-8H2. The quantitative estimate of drug-likeness (QED) is 0.885. The number of sulfonamides is 1. The van der Waals surface area contributed by atoms with Crippen molar-refractivity contribution in [2.24, 2.45) is 0 Å². The summed E-state index contributed by atoms with van der Waals surface area (Å²) in [6.45, 7) is 0.264. The van der Waals surface area contributed by atoms with Crippen LogP contribution in [-0.2, 0) is 22.3 Å². The van der Waals surface area contributed by atoms with Crippen LogP contribution < -0.4 is 4.72 Å². The van der Waals surface area contributed by atoms with Gasteiger partial charge in [0.15, 0.2) is 0 Å². The van der Waals surface area contributed by atoms with E-state index in [0.29, 0.717) is 5.56 Å². The van der Waals surface area contributed by atoms with Crippen LogP contribution in [0.2, 0.25) is 0 Å². The molecule has 0 atom stereocenters. The van der Waals surface area contributed by atoms with Crippen molar-refractivity contribution in [3.05, 3.63) is 56.4 Å². The first kappa shape index (κ1) is 14.6. The topological polar surface area (TPSA) is 46.2 Å². The average Bonchev–Trinajstić information content (AvgIpc) is 2.76. The summed E-state index contributed by atoms with van der Waals surface area (Å²) in [5.74, 6) is -0.530. The Kier molecular flexibility index (Phi) is 4.72. The number of rotatable bonds is 5. The zero-order chi connectivity index (χ0) is 13.9. The summed E-state index contributed by atoms with van der Waals surface area (Å²) in [7, 11) is -3.42. The Morgan fingerprint density at radius 1 is 1.16 bits per heavy atom. The molecule has 0 aliphatic rings. The van der Waals surface area contributed by atoms with Crippen molar-refractivity contribution in [3.63, 3.8) is 0 Å². The Morgan fingerprint density at radius 3 is 2.42 bits per heavy atom. The van der Waals surface area contributed by atoms with Crippen molar-refractivity contribution in [2.45, 2.75) is 12.3 Å². The van der Waals surface area contributed by atoms with Crippen LogP contribution in [0.25, 0.3) is 0 Å². The molecule has 0 fully saturated rings. The molecule has 102 valence electrons. The molecular weight excluding hydrogens is 353 g/mol. The van der Waals surface area contributed by atoms with Crippen LogP contribution in [0.4, 0.5) is 4.39 Å². The molecule has 0 bridgehead atoms. The van der Waals surface area contributed by atoms with E-state index in [1.807, 2.05) is 12.1 Å². The highest BCUT2D eigenvalue weighted by Gasteiger charge is 2.12. The number of thiophene rings is 1.